The molecule has 3 rings (SSSR count). The molecule has 0 unspecified atom stereocenters. The van der Waals surface area contributed by atoms with Crippen LogP contribution in [0.2, 0.25) is 0 Å². The zero-order chi connectivity index (χ0) is 18.5. The molecule has 2 aromatic carbocycles. The molecule has 26 heavy (non-hydrogen) atoms. The third-order valence-corrected chi connectivity index (χ3v) is 4.81. The van der Waals surface area contributed by atoms with Gasteiger partial charge in [-0.25, -0.2) is 0 Å². The number of rotatable bonds is 6. The van der Waals surface area contributed by atoms with Gasteiger partial charge in [0.2, 0.25) is 11.8 Å². The predicted molar refractivity (Wildman–Crippen MR) is 103 cm³/mol. The molecule has 0 radical (unpaired) electrons. The van der Waals surface area contributed by atoms with E-state index in [-0.39, 0.29) is 11.8 Å². The topological polar surface area (TPSA) is 61.4 Å². The maximum absolute atomic E-state index is 12.3. The molecule has 0 atom stereocenters. The summed E-state index contributed by atoms with van der Waals surface area (Å²) < 4.78 is 0. The van der Waals surface area contributed by atoms with Crippen LogP contribution >= 0.6 is 0 Å². The van der Waals surface area contributed by atoms with Crippen LogP contribution in [-0.2, 0) is 29.0 Å². The van der Waals surface area contributed by atoms with E-state index in [0.29, 0.717) is 19.1 Å². The first-order valence-corrected chi connectivity index (χ1v) is 8.91. The summed E-state index contributed by atoms with van der Waals surface area (Å²) in [6.07, 6.45) is 2.01. The van der Waals surface area contributed by atoms with Crippen molar-refractivity contribution in [1.29, 1.82) is 0 Å². The van der Waals surface area contributed by atoms with Gasteiger partial charge in [-0.3, -0.25) is 14.5 Å². The molecule has 0 fully saturated rings. The molecule has 0 spiro atoms. The van der Waals surface area contributed by atoms with Crippen molar-refractivity contribution < 1.29 is 9.59 Å². The van der Waals surface area contributed by atoms with E-state index in [9.17, 15) is 9.59 Å². The molecule has 1 aliphatic carbocycles. The smallest absolute Gasteiger partial charge is 0.234 e. The summed E-state index contributed by atoms with van der Waals surface area (Å²) in [4.78, 5) is 25.4. The molecular weight excluding hydrogens is 326 g/mol. The number of nitrogens with zero attached hydrogens (tertiary/aromatic N) is 1. The maximum atomic E-state index is 12.3. The van der Waals surface area contributed by atoms with Gasteiger partial charge >= 0.3 is 0 Å². The molecule has 5 heteroatoms. The Labute approximate surface area is 154 Å². The molecule has 0 aromatic heterocycles. The highest BCUT2D eigenvalue weighted by atomic mass is 16.2. The summed E-state index contributed by atoms with van der Waals surface area (Å²) in [5.74, 6) is -0.0717. The lowest BCUT2D eigenvalue weighted by molar-refractivity contribution is -0.122. The number of carbonyl (C=O) groups excluding carboxylic acids is 2. The van der Waals surface area contributed by atoms with Crippen LogP contribution in [0.15, 0.2) is 48.5 Å². The Balaban J connectivity index is 1.45. The van der Waals surface area contributed by atoms with Crippen molar-refractivity contribution >= 4 is 17.5 Å². The van der Waals surface area contributed by atoms with Crippen molar-refractivity contribution in [2.45, 2.75) is 32.4 Å². The second-order valence-electron chi connectivity index (χ2n) is 6.90. The molecule has 136 valence electrons. The van der Waals surface area contributed by atoms with Crippen molar-refractivity contribution in [2.24, 2.45) is 0 Å². The lowest BCUT2D eigenvalue weighted by Gasteiger charge is -2.23. The highest BCUT2D eigenvalue weighted by molar-refractivity contribution is 5.88. The van der Waals surface area contributed by atoms with Crippen molar-refractivity contribution in [3.63, 3.8) is 0 Å². The quantitative estimate of drug-likeness (QED) is 0.840. The maximum Gasteiger partial charge on any atom is 0.234 e. The Kier molecular flexibility index (Phi) is 5.68. The van der Waals surface area contributed by atoms with Crippen LogP contribution < -0.4 is 10.6 Å². The first-order valence-electron chi connectivity index (χ1n) is 8.91. The van der Waals surface area contributed by atoms with Gasteiger partial charge in [-0.2, -0.15) is 0 Å². The van der Waals surface area contributed by atoms with Crippen LogP contribution in [0.4, 0.5) is 5.69 Å². The summed E-state index contributed by atoms with van der Waals surface area (Å²) in [5.41, 5.74) is 4.55. The predicted octanol–water partition coefficient (Wildman–Crippen LogP) is 2.36. The van der Waals surface area contributed by atoms with Gasteiger partial charge in [-0.05, 0) is 48.7 Å². The minimum absolute atomic E-state index is 0.0226. The van der Waals surface area contributed by atoms with E-state index in [1.807, 2.05) is 31.3 Å². The first kappa shape index (κ1) is 18.1. The van der Waals surface area contributed by atoms with Gasteiger partial charge in [0, 0.05) is 25.2 Å². The summed E-state index contributed by atoms with van der Waals surface area (Å²) in [6.45, 7) is 2.36. The minimum atomic E-state index is -0.0943. The lowest BCUT2D eigenvalue weighted by Crippen LogP contribution is -2.40. The van der Waals surface area contributed by atoms with Gasteiger partial charge in [-0.1, -0.05) is 36.4 Å². The van der Waals surface area contributed by atoms with Gasteiger partial charge < -0.3 is 10.6 Å². The number of benzene rings is 2. The van der Waals surface area contributed by atoms with Crippen LogP contribution in [0.1, 0.15) is 23.6 Å². The largest absolute Gasteiger partial charge is 0.351 e. The van der Waals surface area contributed by atoms with Crippen molar-refractivity contribution in [2.75, 3.05) is 18.9 Å². The monoisotopic (exact) mass is 351 g/mol. The van der Waals surface area contributed by atoms with Crippen LogP contribution in [-0.4, -0.2) is 36.3 Å². The van der Waals surface area contributed by atoms with Crippen LogP contribution in [0, 0.1) is 0 Å². The van der Waals surface area contributed by atoms with Crippen molar-refractivity contribution in [3.8, 4) is 0 Å². The Morgan fingerprint density at radius 2 is 1.65 bits per heavy atom. The zero-order valence-corrected chi connectivity index (χ0v) is 15.3. The molecule has 2 N–H and O–H groups in total. The molecule has 1 aliphatic rings. The number of fused-ring (bicyclic) bond motifs is 1. The SMILES string of the molecule is CC(=O)Nc1ccc(CNC(=O)CN(C)C2Cc3ccccc3C2)cc1. The number of nitrogens with one attached hydrogen (secondary N) is 2. The average molecular weight is 351 g/mol. The van der Waals surface area contributed by atoms with Gasteiger partial charge in [-0.15, -0.1) is 0 Å². The van der Waals surface area contributed by atoms with Gasteiger partial charge in [0.15, 0.2) is 0 Å². The number of hydrogen-bond donors (Lipinski definition) is 2. The van der Waals surface area contributed by atoms with Crippen LogP contribution in [0.25, 0.3) is 0 Å². The number of amides is 2. The minimum Gasteiger partial charge on any atom is -0.351 e. The Morgan fingerprint density at radius 1 is 1.04 bits per heavy atom. The van der Waals surface area contributed by atoms with E-state index in [4.69, 9.17) is 0 Å². The molecule has 0 saturated carbocycles. The summed E-state index contributed by atoms with van der Waals surface area (Å²) in [6, 6.07) is 16.4. The summed E-state index contributed by atoms with van der Waals surface area (Å²) in [5, 5.41) is 5.70. The summed E-state index contributed by atoms with van der Waals surface area (Å²) in [7, 11) is 2.01. The number of carbonyl (C=O) groups is 2. The number of likely N-dealkylation sites (N-methyl/N-ethyl adjacent to an activating group) is 1. The number of anilines is 1. The molecule has 0 aliphatic heterocycles. The third-order valence-electron chi connectivity index (χ3n) is 4.81. The van der Waals surface area contributed by atoms with Gasteiger partial charge in [0.25, 0.3) is 0 Å². The molecule has 5 nitrogen and oxygen atoms in total. The highest BCUT2D eigenvalue weighted by Gasteiger charge is 2.25. The van der Waals surface area contributed by atoms with Crippen LogP contribution in [0.5, 0.6) is 0 Å². The number of hydrogen-bond acceptors (Lipinski definition) is 3. The average Bonchev–Trinajstić information content (AvgIpc) is 3.05. The highest BCUT2D eigenvalue weighted by Crippen LogP contribution is 2.24. The van der Waals surface area contributed by atoms with E-state index >= 15 is 0 Å². The first-order chi connectivity index (χ1) is 12.5. The third kappa shape index (κ3) is 4.70. The second-order valence-corrected chi connectivity index (χ2v) is 6.90. The zero-order valence-electron chi connectivity index (χ0n) is 15.3. The van der Waals surface area contributed by atoms with E-state index in [1.54, 1.807) is 0 Å². The second kappa shape index (κ2) is 8.15. The Bertz CT molecular complexity index is 761. The molecular formula is C21H25N3O2. The van der Waals surface area contributed by atoms with E-state index < -0.39 is 0 Å². The lowest BCUT2D eigenvalue weighted by atomic mass is 10.1. The van der Waals surface area contributed by atoms with E-state index in [1.165, 1.54) is 18.1 Å². The molecule has 2 amide bonds. The summed E-state index contributed by atoms with van der Waals surface area (Å²) >= 11 is 0. The molecule has 0 heterocycles. The van der Waals surface area contributed by atoms with E-state index in [0.717, 1.165) is 24.1 Å². The van der Waals surface area contributed by atoms with Gasteiger partial charge in [0.1, 0.15) is 0 Å². The van der Waals surface area contributed by atoms with Crippen molar-refractivity contribution in [3.05, 3.63) is 65.2 Å². The van der Waals surface area contributed by atoms with E-state index in [2.05, 4.69) is 39.8 Å². The fourth-order valence-electron chi connectivity index (χ4n) is 3.37. The molecule has 0 saturated heterocycles. The molecule has 2 aromatic rings. The fourth-order valence-corrected chi connectivity index (χ4v) is 3.37. The fraction of sp³-hybridized carbons (Fsp3) is 0.333. The van der Waals surface area contributed by atoms with Crippen molar-refractivity contribution in [1.82, 2.24) is 10.2 Å². The Morgan fingerprint density at radius 3 is 2.23 bits per heavy atom. The van der Waals surface area contributed by atoms with Crippen LogP contribution in [0.3, 0.4) is 0 Å². The standard InChI is InChI=1S/C21H25N3O2/c1-15(25)23-19-9-7-16(8-10-19)13-22-21(26)14-24(2)20-11-17-5-3-4-6-18(17)12-20/h3-10,20H,11-14H2,1-2H3,(H,22,26)(H,23,25). The van der Waals surface area contributed by atoms with Gasteiger partial charge in [0.05, 0.1) is 6.54 Å². The normalized spacial score (nSPS) is 13.5. The molecule has 0 bridgehead atoms. The Hall–Kier alpha value is -2.66.